The average Bonchev–Trinajstić information content (AvgIpc) is 2.68. The molecule has 3 rings (SSSR count). The van der Waals surface area contributed by atoms with Gasteiger partial charge in [-0.2, -0.15) is 0 Å². The van der Waals surface area contributed by atoms with Crippen LogP contribution < -0.4 is 4.74 Å². The summed E-state index contributed by atoms with van der Waals surface area (Å²) in [6, 6.07) is 13.4. The van der Waals surface area contributed by atoms with Crippen molar-refractivity contribution in [2.45, 2.75) is 40.0 Å². The topological polar surface area (TPSA) is 69.9 Å². The molecule has 0 aliphatic heterocycles. The van der Waals surface area contributed by atoms with E-state index in [2.05, 4.69) is 0 Å². The van der Waals surface area contributed by atoms with Gasteiger partial charge in [0.15, 0.2) is 11.5 Å². The monoisotopic (exact) mass is 392 g/mol. The number of hydrogen-bond acceptors (Lipinski definition) is 4. The summed E-state index contributed by atoms with van der Waals surface area (Å²) in [7, 11) is 1.54. The van der Waals surface area contributed by atoms with Gasteiger partial charge in [-0.3, -0.25) is 0 Å². The van der Waals surface area contributed by atoms with Crippen LogP contribution in [0.15, 0.2) is 42.5 Å². The number of para-hydroxylation sites is 1. The van der Waals surface area contributed by atoms with Crippen LogP contribution in [-0.4, -0.2) is 22.4 Å². The number of benzene rings is 3. The zero-order chi connectivity index (χ0) is 21.3. The molecule has 0 bridgehead atoms. The molecular weight excluding hydrogens is 364 g/mol. The van der Waals surface area contributed by atoms with Crippen molar-refractivity contribution >= 4 is 0 Å². The van der Waals surface area contributed by atoms with Crippen LogP contribution in [0.25, 0.3) is 0 Å². The number of ether oxygens (including phenoxy) is 1. The second-order valence-corrected chi connectivity index (χ2v) is 7.73. The molecule has 0 radical (unpaired) electrons. The van der Waals surface area contributed by atoms with E-state index in [4.69, 9.17) is 4.74 Å². The second-order valence-electron chi connectivity index (χ2n) is 7.73. The van der Waals surface area contributed by atoms with Crippen LogP contribution in [0, 0.1) is 27.7 Å². The molecule has 0 unspecified atom stereocenters. The standard InChI is InChI=1S/C25H28O4/c1-14-9-19(10-15(2)23(14)26)21(20-11-16(3)24(27)17(4)12-20)13-18-7-6-8-22(29-5)25(18)28/h6-12,21,26-28H,13H2,1-5H3. The van der Waals surface area contributed by atoms with Gasteiger partial charge >= 0.3 is 0 Å². The van der Waals surface area contributed by atoms with E-state index in [1.807, 2.05) is 64.1 Å². The lowest BCUT2D eigenvalue weighted by atomic mass is 9.83. The quantitative estimate of drug-likeness (QED) is 0.542. The minimum atomic E-state index is -0.0657. The van der Waals surface area contributed by atoms with Crippen LogP contribution in [0.4, 0.5) is 0 Å². The van der Waals surface area contributed by atoms with E-state index in [1.54, 1.807) is 6.07 Å². The SMILES string of the molecule is COc1cccc(CC(c2cc(C)c(O)c(C)c2)c2cc(C)c(O)c(C)c2)c1O. The smallest absolute Gasteiger partial charge is 0.160 e. The van der Waals surface area contributed by atoms with Crippen molar-refractivity contribution in [3.05, 3.63) is 81.4 Å². The van der Waals surface area contributed by atoms with E-state index < -0.39 is 0 Å². The lowest BCUT2D eigenvalue weighted by Crippen LogP contribution is -2.08. The predicted molar refractivity (Wildman–Crippen MR) is 115 cm³/mol. The van der Waals surface area contributed by atoms with E-state index in [0.717, 1.165) is 38.9 Å². The van der Waals surface area contributed by atoms with Crippen molar-refractivity contribution in [3.63, 3.8) is 0 Å². The highest BCUT2D eigenvalue weighted by Gasteiger charge is 2.21. The van der Waals surface area contributed by atoms with Crippen LogP contribution in [0.5, 0.6) is 23.0 Å². The lowest BCUT2D eigenvalue weighted by molar-refractivity contribution is 0.370. The molecule has 0 spiro atoms. The fourth-order valence-corrected chi connectivity index (χ4v) is 3.93. The summed E-state index contributed by atoms with van der Waals surface area (Å²) in [6.45, 7) is 7.55. The third-order valence-corrected chi connectivity index (χ3v) is 5.56. The van der Waals surface area contributed by atoms with Gasteiger partial charge in [0.1, 0.15) is 11.5 Å². The number of aromatic hydroxyl groups is 3. The number of rotatable bonds is 5. The van der Waals surface area contributed by atoms with E-state index in [1.165, 1.54) is 7.11 Å². The van der Waals surface area contributed by atoms with E-state index >= 15 is 0 Å². The molecule has 0 saturated carbocycles. The number of phenolic OH excluding ortho intramolecular Hbond substituents is 3. The average molecular weight is 392 g/mol. The highest BCUT2D eigenvalue weighted by Crippen LogP contribution is 2.39. The van der Waals surface area contributed by atoms with Gasteiger partial charge in [0, 0.05) is 5.92 Å². The van der Waals surface area contributed by atoms with Gasteiger partial charge in [0.2, 0.25) is 0 Å². The van der Waals surface area contributed by atoms with Gasteiger partial charge in [-0.15, -0.1) is 0 Å². The molecule has 3 aromatic rings. The minimum Gasteiger partial charge on any atom is -0.507 e. The third-order valence-electron chi connectivity index (χ3n) is 5.56. The normalized spacial score (nSPS) is 11.1. The van der Waals surface area contributed by atoms with Crippen LogP contribution in [-0.2, 0) is 6.42 Å². The maximum atomic E-state index is 10.6. The Morgan fingerprint density at radius 3 is 1.59 bits per heavy atom. The first-order valence-corrected chi connectivity index (χ1v) is 9.68. The van der Waals surface area contributed by atoms with Gasteiger partial charge in [0.25, 0.3) is 0 Å². The molecule has 152 valence electrons. The predicted octanol–water partition coefficient (Wildman–Crippen LogP) is 5.42. The Hall–Kier alpha value is -3.14. The molecule has 0 saturated heterocycles. The molecule has 0 aliphatic rings. The minimum absolute atomic E-state index is 0.0657. The van der Waals surface area contributed by atoms with Crippen molar-refractivity contribution in [1.82, 2.24) is 0 Å². The molecule has 4 nitrogen and oxygen atoms in total. The summed E-state index contributed by atoms with van der Waals surface area (Å²) in [5.74, 6) is 1.12. The second kappa shape index (κ2) is 8.08. The summed E-state index contributed by atoms with van der Waals surface area (Å²) in [4.78, 5) is 0. The zero-order valence-corrected chi connectivity index (χ0v) is 17.6. The Bertz CT molecular complexity index is 949. The van der Waals surface area contributed by atoms with Crippen molar-refractivity contribution < 1.29 is 20.1 Å². The molecule has 0 atom stereocenters. The third kappa shape index (κ3) is 4.02. The summed E-state index contributed by atoms with van der Waals surface area (Å²) in [5, 5.41) is 31.1. The van der Waals surface area contributed by atoms with Gasteiger partial charge in [-0.05, 0) is 79.1 Å². The van der Waals surface area contributed by atoms with E-state index in [0.29, 0.717) is 23.7 Å². The first kappa shape index (κ1) is 20.6. The van der Waals surface area contributed by atoms with Crippen molar-refractivity contribution in [1.29, 1.82) is 0 Å². The number of hydrogen-bond donors (Lipinski definition) is 3. The summed E-state index contributed by atoms with van der Waals surface area (Å²) >= 11 is 0. The number of aryl methyl sites for hydroxylation is 4. The van der Waals surface area contributed by atoms with Gasteiger partial charge in [-0.1, -0.05) is 36.4 Å². The Morgan fingerprint density at radius 1 is 0.724 bits per heavy atom. The molecule has 3 aromatic carbocycles. The lowest BCUT2D eigenvalue weighted by Gasteiger charge is -2.22. The fraction of sp³-hybridized carbons (Fsp3) is 0.280. The molecule has 29 heavy (non-hydrogen) atoms. The van der Waals surface area contributed by atoms with Gasteiger partial charge in [0.05, 0.1) is 7.11 Å². The molecule has 0 aromatic heterocycles. The van der Waals surface area contributed by atoms with Crippen molar-refractivity contribution in [2.75, 3.05) is 7.11 Å². The van der Waals surface area contributed by atoms with Crippen LogP contribution in [0.2, 0.25) is 0 Å². The molecule has 0 aliphatic carbocycles. The Labute approximate surface area is 172 Å². The molecule has 0 heterocycles. The van der Waals surface area contributed by atoms with E-state index in [9.17, 15) is 15.3 Å². The van der Waals surface area contributed by atoms with Crippen molar-refractivity contribution in [2.24, 2.45) is 0 Å². The number of methoxy groups -OCH3 is 1. The highest BCUT2D eigenvalue weighted by atomic mass is 16.5. The molecule has 4 heteroatoms. The van der Waals surface area contributed by atoms with E-state index in [-0.39, 0.29) is 11.7 Å². The van der Waals surface area contributed by atoms with Crippen LogP contribution >= 0.6 is 0 Å². The highest BCUT2D eigenvalue weighted by molar-refractivity contribution is 5.52. The van der Waals surface area contributed by atoms with Gasteiger partial charge in [-0.25, -0.2) is 0 Å². The largest absolute Gasteiger partial charge is 0.507 e. The molecule has 3 N–H and O–H groups in total. The molecular formula is C25H28O4. The molecule has 0 amide bonds. The Kier molecular flexibility index (Phi) is 5.73. The first-order valence-electron chi connectivity index (χ1n) is 9.68. The maximum absolute atomic E-state index is 10.6. The van der Waals surface area contributed by atoms with Crippen LogP contribution in [0.3, 0.4) is 0 Å². The Balaban J connectivity index is 2.17. The summed E-state index contributed by atoms with van der Waals surface area (Å²) < 4.78 is 5.27. The summed E-state index contributed by atoms with van der Waals surface area (Å²) in [5.41, 5.74) is 6.12. The zero-order valence-electron chi connectivity index (χ0n) is 17.6. The fourth-order valence-electron chi connectivity index (χ4n) is 3.93. The van der Waals surface area contributed by atoms with Crippen molar-refractivity contribution in [3.8, 4) is 23.0 Å². The summed E-state index contributed by atoms with van der Waals surface area (Å²) in [6.07, 6.45) is 0.552. The maximum Gasteiger partial charge on any atom is 0.160 e. The Morgan fingerprint density at radius 2 is 1.17 bits per heavy atom. The number of phenols is 3. The molecule has 0 fully saturated rings. The first-order chi connectivity index (χ1) is 13.7. The van der Waals surface area contributed by atoms with Crippen LogP contribution in [0.1, 0.15) is 44.9 Å². The van der Waals surface area contributed by atoms with Gasteiger partial charge < -0.3 is 20.1 Å².